The molecule has 0 atom stereocenters. The molecule has 0 fully saturated rings. The Morgan fingerprint density at radius 3 is 2.57 bits per heavy atom. The van der Waals surface area contributed by atoms with Crippen molar-refractivity contribution in [1.29, 1.82) is 0 Å². The minimum absolute atomic E-state index is 0.459. The lowest BCUT2D eigenvalue weighted by Crippen LogP contribution is -1.94. The first kappa shape index (κ1) is 10.6. The third-order valence-electron chi connectivity index (χ3n) is 1.42. The number of benzene rings is 1. The summed E-state index contributed by atoms with van der Waals surface area (Å²) in [6, 6.07) is 6.79. The molecule has 1 aromatic rings. The second-order valence-electron chi connectivity index (χ2n) is 2.40. The summed E-state index contributed by atoms with van der Waals surface area (Å²) >= 11 is 5.67. The summed E-state index contributed by atoms with van der Waals surface area (Å²) in [6.45, 7) is 0. The molecule has 74 valence electrons. The fraction of sp³-hybridized carbons (Fsp3) is 0.100. The number of esters is 1. The van der Waals surface area contributed by atoms with Gasteiger partial charge in [-0.05, 0) is 24.3 Å². The van der Waals surface area contributed by atoms with Crippen molar-refractivity contribution in [1.82, 2.24) is 0 Å². The second kappa shape index (κ2) is 5.29. The van der Waals surface area contributed by atoms with Gasteiger partial charge in [0.15, 0.2) is 0 Å². The highest BCUT2D eigenvalue weighted by molar-refractivity contribution is 6.30. The molecule has 1 rings (SSSR count). The summed E-state index contributed by atoms with van der Waals surface area (Å²) in [7, 11) is 1.30. The monoisotopic (exact) mass is 212 g/mol. The quantitative estimate of drug-likeness (QED) is 0.439. The van der Waals surface area contributed by atoms with Crippen LogP contribution in [0.1, 0.15) is 0 Å². The van der Waals surface area contributed by atoms with Gasteiger partial charge in [0.05, 0.1) is 19.4 Å². The lowest BCUT2D eigenvalue weighted by atomic mass is 10.3. The first-order valence-corrected chi connectivity index (χ1v) is 4.27. The molecule has 0 aliphatic carbocycles. The van der Waals surface area contributed by atoms with Crippen LogP contribution in [0.15, 0.2) is 36.6 Å². The molecule has 0 saturated heterocycles. The molecule has 3 nitrogen and oxygen atoms in total. The van der Waals surface area contributed by atoms with E-state index >= 15 is 0 Å². The molecule has 0 bridgehead atoms. The first-order chi connectivity index (χ1) is 6.72. The van der Waals surface area contributed by atoms with E-state index in [0.717, 1.165) is 0 Å². The molecule has 0 aromatic heterocycles. The highest BCUT2D eigenvalue weighted by Gasteiger charge is 1.92. The normalized spacial score (nSPS) is 10.1. The highest BCUT2D eigenvalue weighted by Crippen LogP contribution is 2.15. The summed E-state index contributed by atoms with van der Waals surface area (Å²) in [4.78, 5) is 10.6. The molecule has 0 unspecified atom stereocenters. The van der Waals surface area contributed by atoms with E-state index in [4.69, 9.17) is 16.3 Å². The van der Waals surface area contributed by atoms with Crippen molar-refractivity contribution in [3.05, 3.63) is 41.6 Å². The Balaban J connectivity index is 2.49. The van der Waals surface area contributed by atoms with Crippen molar-refractivity contribution in [3.63, 3.8) is 0 Å². The number of hydrogen-bond acceptors (Lipinski definition) is 3. The molecule has 4 heteroatoms. The van der Waals surface area contributed by atoms with E-state index in [1.54, 1.807) is 24.3 Å². The molecule has 0 radical (unpaired) electrons. The van der Waals surface area contributed by atoms with Crippen molar-refractivity contribution in [3.8, 4) is 5.75 Å². The van der Waals surface area contributed by atoms with Gasteiger partial charge < -0.3 is 9.47 Å². The SMILES string of the molecule is COC(=O)C=COc1ccc(Cl)cc1. The zero-order valence-corrected chi connectivity index (χ0v) is 8.32. The van der Waals surface area contributed by atoms with E-state index in [1.807, 2.05) is 0 Å². The minimum Gasteiger partial charge on any atom is -0.466 e. The summed E-state index contributed by atoms with van der Waals surface area (Å²) in [6.07, 6.45) is 2.45. The van der Waals surface area contributed by atoms with Gasteiger partial charge >= 0.3 is 5.97 Å². The average molecular weight is 213 g/mol. The number of hydrogen-bond donors (Lipinski definition) is 0. The van der Waals surface area contributed by atoms with Gasteiger partial charge in [-0.1, -0.05) is 11.6 Å². The van der Waals surface area contributed by atoms with E-state index in [1.165, 1.54) is 19.4 Å². The molecule has 0 N–H and O–H groups in total. The van der Waals surface area contributed by atoms with Crippen LogP contribution in [-0.4, -0.2) is 13.1 Å². The van der Waals surface area contributed by atoms with Crippen molar-refractivity contribution >= 4 is 17.6 Å². The Hall–Kier alpha value is -1.48. The first-order valence-electron chi connectivity index (χ1n) is 3.89. The summed E-state index contributed by atoms with van der Waals surface area (Å²) in [5, 5.41) is 0.634. The van der Waals surface area contributed by atoms with E-state index in [-0.39, 0.29) is 0 Å². The van der Waals surface area contributed by atoms with Crippen LogP contribution in [0.4, 0.5) is 0 Å². The van der Waals surface area contributed by atoms with E-state index in [2.05, 4.69) is 4.74 Å². The van der Waals surface area contributed by atoms with Gasteiger partial charge in [0.2, 0.25) is 0 Å². The zero-order valence-electron chi connectivity index (χ0n) is 7.57. The zero-order chi connectivity index (χ0) is 10.4. The molecule has 0 heterocycles. The van der Waals surface area contributed by atoms with Crippen LogP contribution in [0.2, 0.25) is 5.02 Å². The van der Waals surface area contributed by atoms with Crippen LogP contribution < -0.4 is 4.74 Å². The predicted molar refractivity (Wildman–Crippen MR) is 53.2 cm³/mol. The van der Waals surface area contributed by atoms with Crippen LogP contribution >= 0.6 is 11.6 Å². The van der Waals surface area contributed by atoms with Gasteiger partial charge in [-0.15, -0.1) is 0 Å². The van der Waals surface area contributed by atoms with E-state index in [0.29, 0.717) is 10.8 Å². The topological polar surface area (TPSA) is 35.5 Å². The summed E-state index contributed by atoms with van der Waals surface area (Å²) < 4.78 is 9.47. The fourth-order valence-corrected chi connectivity index (χ4v) is 0.875. The number of carbonyl (C=O) groups is 1. The van der Waals surface area contributed by atoms with Crippen LogP contribution in [0.25, 0.3) is 0 Å². The smallest absolute Gasteiger partial charge is 0.333 e. The van der Waals surface area contributed by atoms with Crippen molar-refractivity contribution < 1.29 is 14.3 Å². The van der Waals surface area contributed by atoms with Crippen LogP contribution in [0.3, 0.4) is 0 Å². The third kappa shape index (κ3) is 3.49. The predicted octanol–water partition coefficient (Wildman–Crippen LogP) is 2.41. The molecule has 0 aliphatic heterocycles. The Morgan fingerprint density at radius 1 is 1.36 bits per heavy atom. The Morgan fingerprint density at radius 2 is 2.00 bits per heavy atom. The molecular weight excluding hydrogens is 204 g/mol. The van der Waals surface area contributed by atoms with E-state index in [9.17, 15) is 4.79 Å². The maximum absolute atomic E-state index is 10.6. The Kier molecular flexibility index (Phi) is 4.01. The van der Waals surface area contributed by atoms with Crippen molar-refractivity contribution in [2.75, 3.05) is 7.11 Å². The largest absolute Gasteiger partial charge is 0.466 e. The number of rotatable bonds is 3. The molecule has 0 spiro atoms. The van der Waals surface area contributed by atoms with Crippen molar-refractivity contribution in [2.24, 2.45) is 0 Å². The van der Waals surface area contributed by atoms with E-state index < -0.39 is 5.97 Å². The maximum atomic E-state index is 10.6. The lowest BCUT2D eigenvalue weighted by molar-refractivity contribution is -0.134. The van der Waals surface area contributed by atoms with Gasteiger partial charge in [-0.3, -0.25) is 0 Å². The van der Waals surface area contributed by atoms with Gasteiger partial charge in [0.1, 0.15) is 5.75 Å². The minimum atomic E-state index is -0.459. The molecule has 14 heavy (non-hydrogen) atoms. The van der Waals surface area contributed by atoms with Gasteiger partial charge in [-0.2, -0.15) is 0 Å². The molecule has 0 aliphatic rings. The van der Waals surface area contributed by atoms with Gasteiger partial charge in [0, 0.05) is 5.02 Å². The van der Waals surface area contributed by atoms with Gasteiger partial charge in [-0.25, -0.2) is 4.79 Å². The summed E-state index contributed by atoms with van der Waals surface area (Å²) in [5.41, 5.74) is 0. The third-order valence-corrected chi connectivity index (χ3v) is 1.68. The van der Waals surface area contributed by atoms with Gasteiger partial charge in [0.25, 0.3) is 0 Å². The van der Waals surface area contributed by atoms with Crippen LogP contribution in [0, 0.1) is 0 Å². The number of carbonyl (C=O) groups excluding carboxylic acids is 1. The Labute approximate surface area is 86.9 Å². The fourth-order valence-electron chi connectivity index (χ4n) is 0.749. The Bertz CT molecular complexity index is 330. The van der Waals surface area contributed by atoms with Crippen LogP contribution in [0.5, 0.6) is 5.75 Å². The molecule has 0 amide bonds. The number of halogens is 1. The van der Waals surface area contributed by atoms with Crippen molar-refractivity contribution in [2.45, 2.75) is 0 Å². The molecular formula is C10H9ClO3. The standard InChI is InChI=1S/C10H9ClO3/c1-13-10(12)6-7-14-9-4-2-8(11)3-5-9/h2-7H,1H3. The lowest BCUT2D eigenvalue weighted by Gasteiger charge is -1.98. The second-order valence-corrected chi connectivity index (χ2v) is 2.83. The molecule has 1 aromatic carbocycles. The molecule has 0 saturated carbocycles. The number of methoxy groups -OCH3 is 1. The average Bonchev–Trinajstić information content (AvgIpc) is 2.21. The number of ether oxygens (including phenoxy) is 2. The van der Waals surface area contributed by atoms with Crippen LogP contribution in [-0.2, 0) is 9.53 Å². The highest BCUT2D eigenvalue weighted by atomic mass is 35.5. The maximum Gasteiger partial charge on any atom is 0.333 e. The summed E-state index contributed by atoms with van der Waals surface area (Å²) in [5.74, 6) is 0.147.